The molecule has 0 aromatic heterocycles. The third kappa shape index (κ3) is 6.87. The first-order valence-electron chi connectivity index (χ1n) is 13.7. The van der Waals surface area contributed by atoms with Crippen LogP contribution in [0.3, 0.4) is 0 Å². The highest BCUT2D eigenvalue weighted by Crippen LogP contribution is 2.34. The van der Waals surface area contributed by atoms with Crippen molar-refractivity contribution >= 4 is 23.2 Å². The van der Waals surface area contributed by atoms with E-state index in [2.05, 4.69) is 33.0 Å². The molecule has 4 aromatic rings. The zero-order chi connectivity index (χ0) is 29.5. The average molecular weight is 550 g/mol. The summed E-state index contributed by atoms with van der Waals surface area (Å²) < 4.78 is 0. The maximum absolute atomic E-state index is 14.1. The molecule has 4 rings (SSSR count). The third-order valence-corrected chi connectivity index (χ3v) is 7.08. The van der Waals surface area contributed by atoms with Gasteiger partial charge >= 0.3 is 0 Å². The Morgan fingerprint density at radius 2 is 1.22 bits per heavy atom. The van der Waals surface area contributed by atoms with E-state index in [1.165, 1.54) is 29.2 Å². The normalized spacial score (nSPS) is 11.1. The summed E-state index contributed by atoms with van der Waals surface area (Å²) in [6.07, 6.45) is 0. The van der Waals surface area contributed by atoms with Gasteiger partial charge in [0.2, 0.25) is 5.91 Å². The smallest absolute Gasteiger partial charge is 0.269 e. The molecule has 2 amide bonds. The van der Waals surface area contributed by atoms with Crippen molar-refractivity contribution in [2.24, 2.45) is 0 Å². The molecule has 0 aliphatic heterocycles. The number of para-hydroxylation sites is 1. The summed E-state index contributed by atoms with van der Waals surface area (Å²) in [5.74, 6) is -0.368. The Morgan fingerprint density at radius 1 is 0.732 bits per heavy atom. The highest BCUT2D eigenvalue weighted by Gasteiger charge is 2.30. The second kappa shape index (κ2) is 13.0. The lowest BCUT2D eigenvalue weighted by atomic mass is 9.92. The molecular formula is C34H35N3O4. The van der Waals surface area contributed by atoms with Crippen LogP contribution in [0, 0.1) is 10.1 Å². The molecule has 0 saturated heterocycles. The first-order chi connectivity index (χ1) is 19.7. The van der Waals surface area contributed by atoms with Crippen LogP contribution in [-0.2, 0) is 4.79 Å². The molecule has 0 spiro atoms. The Kier molecular flexibility index (Phi) is 9.30. The van der Waals surface area contributed by atoms with E-state index in [0.717, 1.165) is 27.9 Å². The van der Waals surface area contributed by atoms with Gasteiger partial charge in [-0.1, -0.05) is 107 Å². The lowest BCUT2D eigenvalue weighted by molar-refractivity contribution is -0.384. The van der Waals surface area contributed by atoms with Gasteiger partial charge in [0.05, 0.1) is 11.0 Å². The topological polar surface area (TPSA) is 92.6 Å². The summed E-state index contributed by atoms with van der Waals surface area (Å²) in [4.78, 5) is 40.2. The zero-order valence-corrected chi connectivity index (χ0v) is 23.8. The number of nitro benzene ring substituents is 1. The van der Waals surface area contributed by atoms with E-state index < -0.39 is 16.9 Å². The van der Waals surface area contributed by atoms with E-state index in [0.29, 0.717) is 0 Å². The molecule has 7 heteroatoms. The van der Waals surface area contributed by atoms with Crippen molar-refractivity contribution in [3.63, 3.8) is 0 Å². The number of nitro groups is 1. The molecule has 1 N–H and O–H groups in total. The first-order valence-corrected chi connectivity index (χ1v) is 13.7. The van der Waals surface area contributed by atoms with Crippen LogP contribution >= 0.6 is 0 Å². The minimum absolute atomic E-state index is 0.111. The van der Waals surface area contributed by atoms with Gasteiger partial charge in [-0.25, -0.2) is 0 Å². The van der Waals surface area contributed by atoms with Crippen molar-refractivity contribution < 1.29 is 14.5 Å². The van der Waals surface area contributed by atoms with Crippen LogP contribution in [0.4, 0.5) is 11.4 Å². The number of non-ortho nitro benzene ring substituents is 1. The summed E-state index contributed by atoms with van der Waals surface area (Å²) in [6.45, 7) is 8.11. The quantitative estimate of drug-likeness (QED) is 0.162. The van der Waals surface area contributed by atoms with Crippen LogP contribution in [-0.4, -0.2) is 28.2 Å². The number of amides is 2. The number of carbonyl (C=O) groups is 2. The number of hydrogen-bond donors (Lipinski definition) is 1. The van der Waals surface area contributed by atoms with E-state index >= 15 is 0 Å². The zero-order valence-electron chi connectivity index (χ0n) is 23.8. The summed E-state index contributed by atoms with van der Waals surface area (Å²) in [5.41, 5.74) is 4.66. The SMILES string of the molecule is CC(C)c1cccc(C(C)C)c1NC(=O)CN(C(=O)c1ccc([N+](=O)[O-])cc1)C(c1ccccc1)c1ccccc1. The molecule has 0 saturated carbocycles. The molecule has 210 valence electrons. The molecule has 0 fully saturated rings. The van der Waals surface area contributed by atoms with Crippen molar-refractivity contribution in [1.82, 2.24) is 4.90 Å². The van der Waals surface area contributed by atoms with Crippen molar-refractivity contribution in [3.8, 4) is 0 Å². The van der Waals surface area contributed by atoms with Gasteiger partial charge < -0.3 is 10.2 Å². The Bertz CT molecular complexity index is 1430. The van der Waals surface area contributed by atoms with Gasteiger partial charge in [0.1, 0.15) is 6.54 Å². The Balaban J connectivity index is 1.79. The van der Waals surface area contributed by atoms with Gasteiger partial charge in [-0.2, -0.15) is 0 Å². The fourth-order valence-corrected chi connectivity index (χ4v) is 5.02. The fraction of sp³-hybridized carbons (Fsp3) is 0.235. The number of rotatable bonds is 10. The van der Waals surface area contributed by atoms with Crippen molar-refractivity contribution in [2.45, 2.75) is 45.6 Å². The summed E-state index contributed by atoms with van der Waals surface area (Å²) in [6, 6.07) is 30.0. The molecule has 41 heavy (non-hydrogen) atoms. The molecule has 4 aromatic carbocycles. The molecule has 0 bridgehead atoms. The van der Waals surface area contributed by atoms with Crippen molar-refractivity contribution in [1.29, 1.82) is 0 Å². The summed E-state index contributed by atoms with van der Waals surface area (Å²) in [5, 5.41) is 14.4. The monoisotopic (exact) mass is 549 g/mol. The first kappa shape index (κ1) is 29.2. The van der Waals surface area contributed by atoms with Gasteiger partial charge in [-0.3, -0.25) is 19.7 Å². The lowest BCUT2D eigenvalue weighted by Crippen LogP contribution is -2.41. The molecule has 7 nitrogen and oxygen atoms in total. The summed E-state index contributed by atoms with van der Waals surface area (Å²) >= 11 is 0. The number of benzene rings is 4. The van der Waals surface area contributed by atoms with Gasteiger partial charge in [0.25, 0.3) is 11.6 Å². The predicted octanol–water partition coefficient (Wildman–Crippen LogP) is 7.71. The second-order valence-electron chi connectivity index (χ2n) is 10.6. The van der Waals surface area contributed by atoms with Crippen LogP contribution in [0.15, 0.2) is 103 Å². The third-order valence-electron chi connectivity index (χ3n) is 7.08. The number of nitrogens with zero attached hydrogens (tertiary/aromatic N) is 2. The molecular weight excluding hydrogens is 514 g/mol. The molecule has 0 unspecified atom stereocenters. The standard InChI is InChI=1S/C34H35N3O4/c1-23(2)29-16-11-17-30(24(3)4)32(29)35-31(38)22-36(34(39)27-18-20-28(21-19-27)37(40)41)33(25-12-7-5-8-13-25)26-14-9-6-10-15-26/h5-21,23-24,33H,22H2,1-4H3,(H,35,38). The number of anilines is 1. The van der Waals surface area contributed by atoms with Crippen molar-refractivity contribution in [2.75, 3.05) is 11.9 Å². The molecule has 0 aliphatic carbocycles. The van der Waals surface area contributed by atoms with E-state index in [-0.39, 0.29) is 35.5 Å². The molecule has 0 aliphatic rings. The Labute approximate surface area is 241 Å². The van der Waals surface area contributed by atoms with E-state index in [9.17, 15) is 19.7 Å². The Morgan fingerprint density at radius 3 is 1.66 bits per heavy atom. The van der Waals surface area contributed by atoms with Crippen LogP contribution in [0.2, 0.25) is 0 Å². The lowest BCUT2D eigenvalue weighted by Gasteiger charge is -2.33. The second-order valence-corrected chi connectivity index (χ2v) is 10.6. The van der Waals surface area contributed by atoms with Gasteiger partial charge in [0.15, 0.2) is 0 Å². The van der Waals surface area contributed by atoms with Crippen LogP contribution in [0.5, 0.6) is 0 Å². The maximum atomic E-state index is 14.1. The number of nitrogens with one attached hydrogen (secondary N) is 1. The van der Waals surface area contributed by atoms with Crippen LogP contribution < -0.4 is 5.32 Å². The average Bonchev–Trinajstić information content (AvgIpc) is 2.97. The van der Waals surface area contributed by atoms with E-state index in [4.69, 9.17) is 0 Å². The van der Waals surface area contributed by atoms with Crippen LogP contribution in [0.25, 0.3) is 0 Å². The van der Waals surface area contributed by atoms with E-state index in [1.54, 1.807) is 0 Å². The number of hydrogen-bond acceptors (Lipinski definition) is 4. The minimum atomic E-state index is -0.573. The molecule has 0 atom stereocenters. The highest BCUT2D eigenvalue weighted by atomic mass is 16.6. The van der Waals surface area contributed by atoms with Gasteiger partial charge in [-0.15, -0.1) is 0 Å². The highest BCUT2D eigenvalue weighted by molar-refractivity contribution is 6.00. The maximum Gasteiger partial charge on any atom is 0.269 e. The molecule has 0 radical (unpaired) electrons. The van der Waals surface area contributed by atoms with Gasteiger partial charge in [-0.05, 0) is 46.2 Å². The number of carbonyl (C=O) groups excluding carboxylic acids is 2. The van der Waals surface area contributed by atoms with Gasteiger partial charge in [0, 0.05) is 23.4 Å². The Hall–Kier alpha value is -4.78. The molecule has 0 heterocycles. The fourth-order valence-electron chi connectivity index (χ4n) is 5.02. The largest absolute Gasteiger partial charge is 0.324 e. The predicted molar refractivity (Wildman–Crippen MR) is 162 cm³/mol. The van der Waals surface area contributed by atoms with E-state index in [1.807, 2.05) is 78.9 Å². The summed E-state index contributed by atoms with van der Waals surface area (Å²) in [7, 11) is 0. The van der Waals surface area contributed by atoms with Crippen LogP contribution in [0.1, 0.15) is 78.2 Å². The van der Waals surface area contributed by atoms with Crippen molar-refractivity contribution in [3.05, 3.63) is 141 Å². The minimum Gasteiger partial charge on any atom is -0.324 e.